The second-order valence-corrected chi connectivity index (χ2v) is 3.34. The van der Waals surface area contributed by atoms with Crippen LogP contribution in [0.2, 0.25) is 0 Å². The molecule has 80 valence electrons. The van der Waals surface area contributed by atoms with Gasteiger partial charge < -0.3 is 10.4 Å². The van der Waals surface area contributed by atoms with Gasteiger partial charge in [0.15, 0.2) is 6.04 Å². The Bertz CT molecular complexity index is 387. The third-order valence-electron chi connectivity index (χ3n) is 2.44. The van der Waals surface area contributed by atoms with Crippen LogP contribution < -0.4 is 5.32 Å². The molecular formula is C11H13NO3. The molecule has 1 rings (SSSR count). The smallest absolute Gasteiger partial charge is 0.330 e. The number of hydrogen-bond acceptors (Lipinski definition) is 2. The molecule has 0 aliphatic carbocycles. The molecule has 0 radical (unpaired) electrons. The van der Waals surface area contributed by atoms with Crippen molar-refractivity contribution in [1.82, 2.24) is 5.32 Å². The van der Waals surface area contributed by atoms with Crippen molar-refractivity contribution in [3.8, 4) is 0 Å². The zero-order valence-electron chi connectivity index (χ0n) is 8.65. The Morgan fingerprint density at radius 3 is 2.67 bits per heavy atom. The van der Waals surface area contributed by atoms with Crippen LogP contribution in [0.25, 0.3) is 0 Å². The number of carboxylic acids is 1. The molecule has 2 N–H and O–H groups in total. The Morgan fingerprint density at radius 1 is 1.47 bits per heavy atom. The maximum atomic E-state index is 10.9. The summed E-state index contributed by atoms with van der Waals surface area (Å²) in [6, 6.07) is 4.42. The third-order valence-corrected chi connectivity index (χ3v) is 2.44. The number of carbonyl (C=O) groups excluding carboxylic acids is 1. The first-order chi connectivity index (χ1) is 7.07. The van der Waals surface area contributed by atoms with Gasteiger partial charge in [0.25, 0.3) is 0 Å². The fourth-order valence-electron chi connectivity index (χ4n) is 1.45. The van der Waals surface area contributed by atoms with Crippen molar-refractivity contribution < 1.29 is 14.7 Å². The van der Waals surface area contributed by atoms with Gasteiger partial charge in [0.1, 0.15) is 0 Å². The lowest BCUT2D eigenvalue weighted by atomic mass is 9.98. The number of hydrogen-bond donors (Lipinski definition) is 2. The van der Waals surface area contributed by atoms with E-state index in [0.717, 1.165) is 11.1 Å². The zero-order valence-corrected chi connectivity index (χ0v) is 8.65. The highest BCUT2D eigenvalue weighted by Gasteiger charge is 2.20. The van der Waals surface area contributed by atoms with Gasteiger partial charge in [-0.1, -0.05) is 18.2 Å². The van der Waals surface area contributed by atoms with Crippen LogP contribution in [0, 0.1) is 13.8 Å². The van der Waals surface area contributed by atoms with E-state index in [9.17, 15) is 9.59 Å². The van der Waals surface area contributed by atoms with Crippen LogP contribution in [0.1, 0.15) is 22.7 Å². The van der Waals surface area contributed by atoms with Crippen molar-refractivity contribution in [2.45, 2.75) is 19.9 Å². The van der Waals surface area contributed by atoms with E-state index in [4.69, 9.17) is 5.11 Å². The molecule has 0 bridgehead atoms. The molecule has 1 atom stereocenters. The normalized spacial score (nSPS) is 11.9. The average molecular weight is 207 g/mol. The molecule has 0 saturated carbocycles. The van der Waals surface area contributed by atoms with Crippen molar-refractivity contribution >= 4 is 12.4 Å². The van der Waals surface area contributed by atoms with Gasteiger partial charge in [-0.15, -0.1) is 0 Å². The molecule has 1 aromatic carbocycles. The number of nitrogens with one attached hydrogen (secondary N) is 1. The highest BCUT2D eigenvalue weighted by Crippen LogP contribution is 2.20. The van der Waals surface area contributed by atoms with Crippen LogP contribution in [0.5, 0.6) is 0 Å². The molecule has 1 amide bonds. The predicted octanol–water partition coefficient (Wildman–Crippen LogP) is 1.18. The molecule has 0 heterocycles. The summed E-state index contributed by atoms with van der Waals surface area (Å²) in [5.41, 5.74) is 2.51. The predicted molar refractivity (Wildman–Crippen MR) is 55.5 cm³/mol. The molecular weight excluding hydrogens is 194 g/mol. The molecule has 0 aliphatic rings. The average Bonchev–Trinajstić information content (AvgIpc) is 2.19. The molecule has 4 nitrogen and oxygen atoms in total. The highest BCUT2D eigenvalue weighted by molar-refractivity contribution is 5.78. The van der Waals surface area contributed by atoms with Crippen molar-refractivity contribution in [3.05, 3.63) is 34.9 Å². The fraction of sp³-hybridized carbons (Fsp3) is 0.273. The molecule has 1 aromatic rings. The first-order valence-corrected chi connectivity index (χ1v) is 4.56. The standard InChI is InChI=1S/C11H13NO3/c1-7-4-3-5-9(8(7)2)10(11(14)15)12-6-13/h3-6,10H,1-2H3,(H,12,13)(H,14,15). The van der Waals surface area contributed by atoms with E-state index in [0.29, 0.717) is 12.0 Å². The Morgan fingerprint density at radius 2 is 2.13 bits per heavy atom. The lowest BCUT2D eigenvalue weighted by Gasteiger charge is -2.15. The summed E-state index contributed by atoms with van der Waals surface area (Å²) in [4.78, 5) is 21.2. The molecule has 1 unspecified atom stereocenters. The largest absolute Gasteiger partial charge is 0.479 e. The fourth-order valence-corrected chi connectivity index (χ4v) is 1.45. The SMILES string of the molecule is Cc1cccc(C(NC=O)C(=O)O)c1C. The number of carboxylic acid groups (broad SMARTS) is 1. The van der Waals surface area contributed by atoms with Gasteiger partial charge in [0.05, 0.1) is 0 Å². The van der Waals surface area contributed by atoms with E-state index in [-0.39, 0.29) is 0 Å². The van der Waals surface area contributed by atoms with Crippen LogP contribution >= 0.6 is 0 Å². The summed E-state index contributed by atoms with van der Waals surface area (Å²) in [5.74, 6) is -1.06. The van der Waals surface area contributed by atoms with Gasteiger partial charge >= 0.3 is 5.97 Å². The summed E-state index contributed by atoms with van der Waals surface area (Å²) < 4.78 is 0. The third kappa shape index (κ3) is 2.34. The van der Waals surface area contributed by atoms with Crippen LogP contribution in [-0.4, -0.2) is 17.5 Å². The zero-order chi connectivity index (χ0) is 11.4. The van der Waals surface area contributed by atoms with E-state index >= 15 is 0 Å². The Hall–Kier alpha value is -1.84. The maximum absolute atomic E-state index is 10.9. The number of rotatable bonds is 4. The van der Waals surface area contributed by atoms with E-state index in [1.165, 1.54) is 0 Å². The van der Waals surface area contributed by atoms with E-state index in [1.54, 1.807) is 12.1 Å². The van der Waals surface area contributed by atoms with Gasteiger partial charge in [-0.2, -0.15) is 0 Å². The van der Waals surface area contributed by atoms with Crippen LogP contribution in [0.3, 0.4) is 0 Å². The first-order valence-electron chi connectivity index (χ1n) is 4.56. The highest BCUT2D eigenvalue weighted by atomic mass is 16.4. The molecule has 0 spiro atoms. The summed E-state index contributed by atoms with van der Waals surface area (Å²) >= 11 is 0. The number of benzene rings is 1. The Kier molecular flexibility index (Phi) is 3.44. The Balaban J connectivity index is 3.16. The number of carbonyl (C=O) groups is 2. The minimum absolute atomic E-state index is 0.403. The van der Waals surface area contributed by atoms with Gasteiger partial charge in [-0.3, -0.25) is 4.79 Å². The maximum Gasteiger partial charge on any atom is 0.330 e. The van der Waals surface area contributed by atoms with Gasteiger partial charge in [-0.25, -0.2) is 4.79 Å². The van der Waals surface area contributed by atoms with Crippen LogP contribution in [-0.2, 0) is 9.59 Å². The van der Waals surface area contributed by atoms with Crippen LogP contribution in [0.15, 0.2) is 18.2 Å². The quantitative estimate of drug-likeness (QED) is 0.728. The monoisotopic (exact) mass is 207 g/mol. The van der Waals surface area contributed by atoms with Crippen molar-refractivity contribution in [2.75, 3.05) is 0 Å². The molecule has 0 aromatic heterocycles. The van der Waals surface area contributed by atoms with Crippen molar-refractivity contribution in [3.63, 3.8) is 0 Å². The molecule has 4 heteroatoms. The summed E-state index contributed by atoms with van der Waals surface area (Å²) in [6.07, 6.45) is 0.403. The lowest BCUT2D eigenvalue weighted by Crippen LogP contribution is -2.28. The van der Waals surface area contributed by atoms with Crippen molar-refractivity contribution in [2.24, 2.45) is 0 Å². The van der Waals surface area contributed by atoms with E-state index in [1.807, 2.05) is 19.9 Å². The van der Waals surface area contributed by atoms with Crippen LogP contribution in [0.4, 0.5) is 0 Å². The van der Waals surface area contributed by atoms with Gasteiger partial charge in [0, 0.05) is 0 Å². The topological polar surface area (TPSA) is 66.4 Å². The van der Waals surface area contributed by atoms with E-state index in [2.05, 4.69) is 5.32 Å². The molecule has 15 heavy (non-hydrogen) atoms. The summed E-state index contributed by atoms with van der Waals surface area (Å²) in [5, 5.41) is 11.2. The number of amides is 1. The van der Waals surface area contributed by atoms with Gasteiger partial charge in [-0.05, 0) is 30.5 Å². The van der Waals surface area contributed by atoms with E-state index < -0.39 is 12.0 Å². The Labute approximate surface area is 87.9 Å². The number of aliphatic carboxylic acids is 1. The second kappa shape index (κ2) is 4.59. The minimum Gasteiger partial charge on any atom is -0.479 e. The minimum atomic E-state index is -1.06. The van der Waals surface area contributed by atoms with Crippen molar-refractivity contribution in [1.29, 1.82) is 0 Å². The molecule has 0 aliphatic heterocycles. The molecule has 0 saturated heterocycles. The summed E-state index contributed by atoms with van der Waals surface area (Å²) in [7, 11) is 0. The first kappa shape index (κ1) is 11.2. The summed E-state index contributed by atoms with van der Waals surface area (Å²) in [6.45, 7) is 3.74. The second-order valence-electron chi connectivity index (χ2n) is 3.34. The van der Waals surface area contributed by atoms with Gasteiger partial charge in [0.2, 0.25) is 6.41 Å². The molecule has 0 fully saturated rings. The number of aryl methyl sites for hydroxylation is 1. The lowest BCUT2D eigenvalue weighted by molar-refractivity contribution is -0.140.